The van der Waals surface area contributed by atoms with Gasteiger partial charge in [0.15, 0.2) is 0 Å². The molecule has 20 heavy (non-hydrogen) atoms. The molecule has 4 N–H and O–H groups in total. The Morgan fingerprint density at radius 3 is 3.20 bits per heavy atom. The van der Waals surface area contributed by atoms with Crippen molar-refractivity contribution >= 4 is 33.8 Å². The van der Waals surface area contributed by atoms with E-state index >= 15 is 0 Å². The van der Waals surface area contributed by atoms with Crippen LogP contribution in [0.15, 0.2) is 29.8 Å². The normalized spacial score (nSPS) is 10.8. The smallest absolute Gasteiger partial charge is 0.275 e. The summed E-state index contributed by atoms with van der Waals surface area (Å²) in [5.74, 6) is -0.230. The molecule has 2 heterocycles. The topological polar surface area (TPSA) is 96.7 Å². The van der Waals surface area contributed by atoms with Crippen molar-refractivity contribution < 1.29 is 4.79 Å². The maximum atomic E-state index is 12.2. The molecule has 3 rings (SSSR count). The lowest BCUT2D eigenvalue weighted by Gasteiger charge is -2.04. The zero-order valence-electron chi connectivity index (χ0n) is 10.6. The molecule has 7 heteroatoms. The molecule has 0 aliphatic rings. The molecule has 0 bridgehead atoms. The third kappa shape index (κ3) is 2.40. The van der Waals surface area contributed by atoms with Gasteiger partial charge in [0.05, 0.1) is 22.4 Å². The van der Waals surface area contributed by atoms with Crippen LogP contribution in [0, 0.1) is 0 Å². The average molecular weight is 287 g/mol. The van der Waals surface area contributed by atoms with Crippen LogP contribution in [-0.2, 0) is 6.42 Å². The van der Waals surface area contributed by atoms with Crippen LogP contribution in [-0.4, -0.2) is 27.6 Å². The fourth-order valence-electron chi connectivity index (χ4n) is 1.91. The Kier molecular flexibility index (Phi) is 3.44. The maximum absolute atomic E-state index is 12.2. The maximum Gasteiger partial charge on any atom is 0.275 e. The minimum atomic E-state index is -0.230. The number of nitrogens with one attached hydrogen (secondary N) is 2. The molecule has 1 aromatic carbocycles. The number of aromatic nitrogens is 3. The van der Waals surface area contributed by atoms with E-state index in [0.717, 1.165) is 15.9 Å². The monoisotopic (exact) mass is 287 g/mol. The molecule has 0 spiro atoms. The van der Waals surface area contributed by atoms with E-state index in [2.05, 4.69) is 20.5 Å². The summed E-state index contributed by atoms with van der Waals surface area (Å²) in [4.78, 5) is 16.4. The Bertz CT molecular complexity index is 748. The highest BCUT2D eigenvalue weighted by atomic mass is 32.1. The highest BCUT2D eigenvalue weighted by Gasteiger charge is 2.12. The minimum Gasteiger partial charge on any atom is -0.330 e. The van der Waals surface area contributed by atoms with Gasteiger partial charge in [0.1, 0.15) is 5.69 Å². The molecule has 102 valence electrons. The van der Waals surface area contributed by atoms with Gasteiger partial charge in [0.25, 0.3) is 5.91 Å². The Morgan fingerprint density at radius 2 is 2.35 bits per heavy atom. The molecule has 0 radical (unpaired) electrons. The van der Waals surface area contributed by atoms with Gasteiger partial charge in [-0.2, -0.15) is 5.10 Å². The standard InChI is InChI=1S/C13H13N5OS/c14-5-4-11-16-10(7-20-11)13(19)17-9-3-1-2-8-6-15-18-12(8)9/h1-3,6-7H,4-5,14H2,(H,15,18)(H,17,19). The summed E-state index contributed by atoms with van der Waals surface area (Å²) >= 11 is 1.45. The van der Waals surface area contributed by atoms with E-state index in [1.807, 2.05) is 18.2 Å². The first-order valence-corrected chi connectivity index (χ1v) is 7.04. The first kappa shape index (κ1) is 12.8. The van der Waals surface area contributed by atoms with Gasteiger partial charge in [-0.1, -0.05) is 12.1 Å². The Hall–Kier alpha value is -2.25. The van der Waals surface area contributed by atoms with Crippen LogP contribution >= 0.6 is 11.3 Å². The van der Waals surface area contributed by atoms with Gasteiger partial charge in [-0.05, 0) is 12.6 Å². The van der Waals surface area contributed by atoms with E-state index < -0.39 is 0 Å². The van der Waals surface area contributed by atoms with E-state index in [4.69, 9.17) is 5.73 Å². The fourth-order valence-corrected chi connectivity index (χ4v) is 2.71. The van der Waals surface area contributed by atoms with Crippen LogP contribution in [0.25, 0.3) is 10.9 Å². The van der Waals surface area contributed by atoms with Crippen LogP contribution in [0.3, 0.4) is 0 Å². The Morgan fingerprint density at radius 1 is 1.45 bits per heavy atom. The van der Waals surface area contributed by atoms with Crippen molar-refractivity contribution in [2.45, 2.75) is 6.42 Å². The second-order valence-electron chi connectivity index (χ2n) is 4.26. The summed E-state index contributed by atoms with van der Waals surface area (Å²) in [6, 6.07) is 5.62. The van der Waals surface area contributed by atoms with Crippen LogP contribution in [0.4, 0.5) is 5.69 Å². The van der Waals surface area contributed by atoms with Gasteiger partial charge in [-0.25, -0.2) is 4.98 Å². The van der Waals surface area contributed by atoms with Gasteiger partial charge >= 0.3 is 0 Å². The summed E-state index contributed by atoms with van der Waals surface area (Å²) in [6.07, 6.45) is 2.40. The number of carbonyl (C=O) groups excluding carboxylic acids is 1. The Balaban J connectivity index is 1.83. The second kappa shape index (κ2) is 5.40. The number of anilines is 1. The largest absolute Gasteiger partial charge is 0.330 e. The zero-order chi connectivity index (χ0) is 13.9. The lowest BCUT2D eigenvalue weighted by molar-refractivity contribution is 0.102. The van der Waals surface area contributed by atoms with Crippen molar-refractivity contribution in [1.29, 1.82) is 0 Å². The van der Waals surface area contributed by atoms with Crippen molar-refractivity contribution in [3.05, 3.63) is 40.5 Å². The number of aromatic amines is 1. The van der Waals surface area contributed by atoms with Gasteiger partial charge in [-0.3, -0.25) is 9.89 Å². The van der Waals surface area contributed by atoms with E-state index in [-0.39, 0.29) is 5.91 Å². The number of hydrogen-bond donors (Lipinski definition) is 3. The average Bonchev–Trinajstić information content (AvgIpc) is 3.08. The van der Waals surface area contributed by atoms with Gasteiger partial charge in [0.2, 0.25) is 0 Å². The van der Waals surface area contributed by atoms with Crippen LogP contribution < -0.4 is 11.1 Å². The molecule has 0 aliphatic carbocycles. The predicted molar refractivity (Wildman–Crippen MR) is 78.9 cm³/mol. The second-order valence-corrected chi connectivity index (χ2v) is 5.20. The molecule has 0 saturated heterocycles. The first-order chi connectivity index (χ1) is 9.78. The number of nitrogens with two attached hydrogens (primary N) is 1. The third-order valence-electron chi connectivity index (χ3n) is 2.87. The predicted octanol–water partition coefficient (Wildman–Crippen LogP) is 1.77. The van der Waals surface area contributed by atoms with Gasteiger partial charge < -0.3 is 11.1 Å². The quantitative estimate of drug-likeness (QED) is 0.681. The number of thiazole rings is 1. The molecule has 1 amide bonds. The molecule has 3 aromatic rings. The van der Waals surface area contributed by atoms with Crippen LogP contribution in [0.2, 0.25) is 0 Å². The SMILES string of the molecule is NCCc1nc(C(=O)Nc2cccc3cn[nH]c23)cs1. The molecular formula is C13H13N5OS. The summed E-state index contributed by atoms with van der Waals surface area (Å²) in [6.45, 7) is 0.530. The first-order valence-electron chi connectivity index (χ1n) is 6.16. The zero-order valence-corrected chi connectivity index (χ0v) is 11.4. The molecular weight excluding hydrogens is 274 g/mol. The van der Waals surface area contributed by atoms with Crippen molar-refractivity contribution in [3.8, 4) is 0 Å². The molecule has 0 saturated carbocycles. The number of fused-ring (bicyclic) bond motifs is 1. The molecule has 0 unspecified atom stereocenters. The number of para-hydroxylation sites is 1. The molecule has 0 atom stereocenters. The van der Waals surface area contributed by atoms with Crippen molar-refractivity contribution in [1.82, 2.24) is 15.2 Å². The third-order valence-corrected chi connectivity index (χ3v) is 3.78. The summed E-state index contributed by atoms with van der Waals surface area (Å²) in [5.41, 5.74) is 7.38. The van der Waals surface area contributed by atoms with Crippen LogP contribution in [0.1, 0.15) is 15.5 Å². The minimum absolute atomic E-state index is 0.230. The lowest BCUT2D eigenvalue weighted by atomic mass is 10.2. The van der Waals surface area contributed by atoms with E-state index in [0.29, 0.717) is 24.3 Å². The fraction of sp³-hybridized carbons (Fsp3) is 0.154. The summed E-state index contributed by atoms with van der Waals surface area (Å²) in [5, 5.41) is 13.2. The highest BCUT2D eigenvalue weighted by molar-refractivity contribution is 7.09. The van der Waals surface area contributed by atoms with Crippen molar-refractivity contribution in [2.75, 3.05) is 11.9 Å². The number of carbonyl (C=O) groups is 1. The van der Waals surface area contributed by atoms with E-state index in [1.54, 1.807) is 11.6 Å². The van der Waals surface area contributed by atoms with Crippen molar-refractivity contribution in [2.24, 2.45) is 5.73 Å². The van der Waals surface area contributed by atoms with E-state index in [9.17, 15) is 4.79 Å². The number of amides is 1. The summed E-state index contributed by atoms with van der Waals surface area (Å²) in [7, 11) is 0. The van der Waals surface area contributed by atoms with Gasteiger partial charge in [0, 0.05) is 17.2 Å². The molecule has 0 aliphatic heterocycles. The highest BCUT2D eigenvalue weighted by Crippen LogP contribution is 2.21. The number of benzene rings is 1. The number of H-pyrrole nitrogens is 1. The number of hydrogen-bond acceptors (Lipinski definition) is 5. The lowest BCUT2D eigenvalue weighted by Crippen LogP contribution is -2.13. The summed E-state index contributed by atoms with van der Waals surface area (Å²) < 4.78 is 0. The van der Waals surface area contributed by atoms with Gasteiger partial charge in [-0.15, -0.1) is 11.3 Å². The molecule has 6 nitrogen and oxygen atoms in total. The van der Waals surface area contributed by atoms with Crippen LogP contribution in [0.5, 0.6) is 0 Å². The molecule has 0 fully saturated rings. The number of rotatable bonds is 4. The van der Waals surface area contributed by atoms with Crippen molar-refractivity contribution in [3.63, 3.8) is 0 Å². The molecule has 2 aromatic heterocycles. The Labute approximate surface area is 119 Å². The number of nitrogens with zero attached hydrogens (tertiary/aromatic N) is 2. The van der Waals surface area contributed by atoms with E-state index in [1.165, 1.54) is 11.3 Å².